The van der Waals surface area contributed by atoms with Gasteiger partial charge >= 0.3 is 167 Å². The molecule has 0 aliphatic rings. The second-order valence-corrected chi connectivity index (χ2v) is 12.7. The first-order valence-electron chi connectivity index (χ1n) is 9.66. The molecule has 138 valence electrons. The van der Waals surface area contributed by atoms with E-state index in [1.807, 2.05) is 0 Å². The number of aromatic nitrogens is 2. The zero-order valence-electron chi connectivity index (χ0n) is 15.7. The Morgan fingerprint density at radius 1 is 1.04 bits per heavy atom. The quantitative estimate of drug-likeness (QED) is 0.377. The number of nitrogens with one attached hydrogen (secondary N) is 1. The number of halogens is 2. The van der Waals surface area contributed by atoms with E-state index in [0.717, 1.165) is 3.71 Å². The van der Waals surface area contributed by atoms with Crippen molar-refractivity contribution in [3.8, 4) is 0 Å². The van der Waals surface area contributed by atoms with E-state index in [1.165, 1.54) is 63.9 Å². The van der Waals surface area contributed by atoms with Gasteiger partial charge in [0.1, 0.15) is 0 Å². The van der Waals surface area contributed by atoms with Crippen molar-refractivity contribution in [2.75, 3.05) is 0 Å². The topological polar surface area (TPSA) is 28.7 Å². The maximum atomic E-state index is 14.6. The first-order chi connectivity index (χ1) is 12.0. The molecular formula is C20H30ClFN2Sn. The summed E-state index contributed by atoms with van der Waals surface area (Å²) in [6, 6.07) is 3.19. The third kappa shape index (κ3) is 5.59. The van der Waals surface area contributed by atoms with E-state index in [4.69, 9.17) is 11.6 Å². The van der Waals surface area contributed by atoms with Gasteiger partial charge in [-0.3, -0.25) is 0 Å². The van der Waals surface area contributed by atoms with Gasteiger partial charge in [-0.25, -0.2) is 0 Å². The van der Waals surface area contributed by atoms with Crippen molar-refractivity contribution in [2.24, 2.45) is 0 Å². The van der Waals surface area contributed by atoms with Gasteiger partial charge in [0.15, 0.2) is 0 Å². The van der Waals surface area contributed by atoms with Crippen molar-refractivity contribution in [1.82, 2.24) is 10.2 Å². The van der Waals surface area contributed by atoms with Gasteiger partial charge in [-0.15, -0.1) is 0 Å². The van der Waals surface area contributed by atoms with Gasteiger partial charge in [0, 0.05) is 0 Å². The van der Waals surface area contributed by atoms with E-state index in [1.54, 1.807) is 6.07 Å². The molecular weight excluding hydrogens is 441 g/mol. The Morgan fingerprint density at radius 2 is 1.60 bits per heavy atom. The second-order valence-electron chi connectivity index (χ2n) is 7.10. The van der Waals surface area contributed by atoms with Crippen LogP contribution in [-0.2, 0) is 0 Å². The molecule has 2 radical (unpaired) electrons. The number of H-pyrrole nitrogens is 1. The van der Waals surface area contributed by atoms with Crippen LogP contribution >= 0.6 is 11.6 Å². The molecule has 2 rings (SSSR count). The third-order valence-corrected chi connectivity index (χ3v) is 10.6. The number of hydrogen-bond donors (Lipinski definition) is 1. The minimum atomic E-state index is -1.03. The summed E-state index contributed by atoms with van der Waals surface area (Å²) in [6.07, 6.45) is 11.4. The molecule has 0 atom stereocenters. The molecule has 0 unspecified atom stereocenters. The first kappa shape index (κ1) is 21.0. The Labute approximate surface area is 166 Å². The summed E-state index contributed by atoms with van der Waals surface area (Å²) in [5, 5.41) is 8.67. The summed E-state index contributed by atoms with van der Waals surface area (Å²) in [5.74, 6) is -0.220. The molecule has 0 fully saturated rings. The summed E-state index contributed by atoms with van der Waals surface area (Å²) in [5.41, 5.74) is 0.677. The van der Waals surface area contributed by atoms with E-state index in [0.29, 0.717) is 19.4 Å². The van der Waals surface area contributed by atoms with Crippen LogP contribution in [0.15, 0.2) is 12.1 Å². The molecule has 0 aliphatic heterocycles. The average molecular weight is 472 g/mol. The number of rotatable bonds is 11. The Balaban J connectivity index is 2.36. The molecule has 1 heterocycles. The van der Waals surface area contributed by atoms with Crippen LogP contribution < -0.4 is 3.71 Å². The molecule has 2 nitrogen and oxygen atoms in total. The van der Waals surface area contributed by atoms with E-state index in [9.17, 15) is 4.39 Å². The Morgan fingerprint density at radius 3 is 2.12 bits per heavy atom. The molecule has 5 heteroatoms. The first-order valence-corrected chi connectivity index (χ1v) is 12.9. The van der Waals surface area contributed by atoms with Crippen molar-refractivity contribution in [1.29, 1.82) is 0 Å². The van der Waals surface area contributed by atoms with Crippen molar-refractivity contribution < 1.29 is 4.39 Å². The normalized spacial score (nSPS) is 12.2. The molecule has 0 saturated carbocycles. The summed E-state index contributed by atoms with van der Waals surface area (Å²) >= 11 is 4.96. The van der Waals surface area contributed by atoms with Crippen LogP contribution in [0, 0.1) is 5.82 Å². The Kier molecular flexibility index (Phi) is 8.53. The fraction of sp³-hybridized carbons (Fsp3) is 0.650. The van der Waals surface area contributed by atoms with Gasteiger partial charge in [-0.05, 0) is 0 Å². The predicted molar refractivity (Wildman–Crippen MR) is 108 cm³/mol. The zero-order valence-corrected chi connectivity index (χ0v) is 19.3. The Bertz CT molecular complexity index is 649. The predicted octanol–water partition coefficient (Wildman–Crippen LogP) is 6.41. The number of hydrogen-bond acceptors (Lipinski definition) is 1. The summed E-state index contributed by atoms with van der Waals surface area (Å²) < 4.78 is 16.1. The number of fused-ring (bicyclic) bond motifs is 1. The number of nitrogens with zero attached hydrogens (tertiary/aromatic N) is 1. The van der Waals surface area contributed by atoms with Crippen LogP contribution in [0.3, 0.4) is 0 Å². The number of aromatic amines is 1. The molecule has 0 spiro atoms. The minimum absolute atomic E-state index is 0.220. The van der Waals surface area contributed by atoms with Crippen LogP contribution in [0.5, 0.6) is 0 Å². The molecule has 0 amide bonds. The SMILES string of the molecule is CCCC[C](CCCC)(CCCC)[Sn][c]1[nH]nc2cc(Cl)cc(F)c12. The van der Waals surface area contributed by atoms with Crippen LogP contribution in [0.1, 0.15) is 78.6 Å². The van der Waals surface area contributed by atoms with Gasteiger partial charge in [0.25, 0.3) is 0 Å². The molecule has 1 aromatic carbocycles. The van der Waals surface area contributed by atoms with Crippen LogP contribution in [0.4, 0.5) is 4.39 Å². The fourth-order valence-corrected chi connectivity index (χ4v) is 9.21. The fourth-order valence-electron chi connectivity index (χ4n) is 3.53. The Hall–Kier alpha value is -0.291. The summed E-state index contributed by atoms with van der Waals surface area (Å²) in [4.78, 5) is 0. The van der Waals surface area contributed by atoms with Crippen LogP contribution in [0.25, 0.3) is 10.9 Å². The van der Waals surface area contributed by atoms with E-state index in [2.05, 4.69) is 31.0 Å². The van der Waals surface area contributed by atoms with E-state index < -0.39 is 21.1 Å². The van der Waals surface area contributed by atoms with Gasteiger partial charge in [-0.1, -0.05) is 0 Å². The molecule has 0 aliphatic carbocycles. The standard InChI is InChI=1S/C13H27.C7H3ClFN2.Sn/c1-4-7-10-13(11-8-5-2)12-9-6-3;8-4-1-6(9)5-3-10-11-7(5)2-4;/h4-12H2,1-3H3;1-2H,(H,10,11);. The number of benzene rings is 1. The van der Waals surface area contributed by atoms with Crippen molar-refractivity contribution >= 4 is 47.4 Å². The van der Waals surface area contributed by atoms with Crippen molar-refractivity contribution in [3.05, 3.63) is 23.0 Å². The third-order valence-electron chi connectivity index (χ3n) is 4.99. The van der Waals surface area contributed by atoms with Gasteiger partial charge in [0.05, 0.1) is 0 Å². The van der Waals surface area contributed by atoms with Crippen LogP contribution in [-0.4, -0.2) is 31.3 Å². The monoisotopic (exact) mass is 472 g/mol. The molecule has 0 saturated heterocycles. The van der Waals surface area contributed by atoms with Crippen molar-refractivity contribution in [3.63, 3.8) is 0 Å². The molecule has 1 N–H and O–H groups in total. The van der Waals surface area contributed by atoms with Crippen LogP contribution in [0.2, 0.25) is 8.45 Å². The van der Waals surface area contributed by atoms with Crippen molar-refractivity contribution in [2.45, 2.75) is 82.0 Å². The summed E-state index contributed by atoms with van der Waals surface area (Å²) in [6.45, 7) is 6.80. The van der Waals surface area contributed by atoms with Gasteiger partial charge in [-0.2, -0.15) is 0 Å². The molecule has 0 bridgehead atoms. The van der Waals surface area contributed by atoms with Gasteiger partial charge < -0.3 is 0 Å². The molecule has 2 aromatic rings. The molecule has 1 aromatic heterocycles. The van der Waals surface area contributed by atoms with E-state index in [-0.39, 0.29) is 5.82 Å². The second kappa shape index (κ2) is 10.1. The average Bonchev–Trinajstić information content (AvgIpc) is 2.98. The zero-order chi connectivity index (χ0) is 18.3. The van der Waals surface area contributed by atoms with E-state index >= 15 is 0 Å². The molecule has 25 heavy (non-hydrogen) atoms. The summed E-state index contributed by atoms with van der Waals surface area (Å²) in [7, 11) is 0. The maximum absolute atomic E-state index is 14.6. The van der Waals surface area contributed by atoms with Gasteiger partial charge in [0.2, 0.25) is 0 Å². The number of unbranched alkanes of at least 4 members (excludes halogenated alkanes) is 3.